The summed E-state index contributed by atoms with van der Waals surface area (Å²) in [5.74, 6) is 0.792. The van der Waals surface area contributed by atoms with Gasteiger partial charge in [-0.05, 0) is 30.3 Å². The molecule has 2 rings (SSSR count). The summed E-state index contributed by atoms with van der Waals surface area (Å²) >= 11 is 7.25. The first-order valence-electron chi connectivity index (χ1n) is 3.72. The first-order chi connectivity index (χ1) is 6.34. The fourth-order valence-corrected chi connectivity index (χ4v) is 1.56. The lowest BCUT2D eigenvalue weighted by Crippen LogP contribution is -1.78. The van der Waals surface area contributed by atoms with Crippen LogP contribution in [0.5, 0.6) is 10.8 Å². The predicted molar refractivity (Wildman–Crippen MR) is 54.7 cm³/mol. The van der Waals surface area contributed by atoms with Gasteiger partial charge in [0.1, 0.15) is 5.75 Å². The monoisotopic (exact) mass is 209 g/mol. The van der Waals surface area contributed by atoms with E-state index in [2.05, 4.69) is 6.07 Å². The van der Waals surface area contributed by atoms with Crippen LogP contribution in [0.15, 0.2) is 35.7 Å². The average molecular weight is 210 g/mol. The minimum absolute atomic E-state index is 0.713. The minimum Gasteiger partial charge on any atom is -0.447 e. The molecule has 0 unspecified atom stereocenters. The standard InChI is InChI=1S/C10H6ClOS/c11-8-3-5-9(6-4-8)12-10-2-1-7-13-10/h2-7H. The van der Waals surface area contributed by atoms with Crippen LogP contribution in [0, 0.1) is 6.07 Å². The zero-order chi connectivity index (χ0) is 9.10. The molecule has 0 bridgehead atoms. The first-order valence-corrected chi connectivity index (χ1v) is 4.98. The van der Waals surface area contributed by atoms with Gasteiger partial charge in [-0.2, -0.15) is 0 Å². The first kappa shape index (κ1) is 8.60. The number of hydrogen-bond donors (Lipinski definition) is 0. The lowest BCUT2D eigenvalue weighted by Gasteiger charge is -2.01. The molecular weight excluding hydrogens is 204 g/mol. The maximum absolute atomic E-state index is 5.73. The SMILES string of the molecule is Clc1ccc(Oc2c[c]cs2)cc1. The number of thiophene rings is 1. The molecule has 1 radical (unpaired) electrons. The van der Waals surface area contributed by atoms with Crippen molar-refractivity contribution in [1.29, 1.82) is 0 Å². The van der Waals surface area contributed by atoms with E-state index in [9.17, 15) is 0 Å². The summed E-state index contributed by atoms with van der Waals surface area (Å²) < 4.78 is 5.50. The van der Waals surface area contributed by atoms with E-state index < -0.39 is 0 Å². The van der Waals surface area contributed by atoms with E-state index in [1.807, 2.05) is 17.5 Å². The van der Waals surface area contributed by atoms with Gasteiger partial charge in [0.2, 0.25) is 0 Å². The van der Waals surface area contributed by atoms with Crippen molar-refractivity contribution in [3.05, 3.63) is 46.8 Å². The molecule has 65 valence electrons. The van der Waals surface area contributed by atoms with Crippen LogP contribution in [0.1, 0.15) is 0 Å². The molecule has 0 atom stereocenters. The Morgan fingerprint density at radius 1 is 1.23 bits per heavy atom. The third-order valence-electron chi connectivity index (χ3n) is 1.48. The highest BCUT2D eigenvalue weighted by Gasteiger charge is 1.96. The minimum atomic E-state index is 0.713. The van der Waals surface area contributed by atoms with E-state index in [0.29, 0.717) is 5.02 Å². The van der Waals surface area contributed by atoms with Gasteiger partial charge in [-0.3, -0.25) is 0 Å². The molecule has 3 heteroatoms. The molecule has 1 aromatic heterocycles. The third kappa shape index (κ3) is 2.23. The van der Waals surface area contributed by atoms with Crippen LogP contribution in [0.3, 0.4) is 0 Å². The van der Waals surface area contributed by atoms with E-state index >= 15 is 0 Å². The molecule has 0 saturated heterocycles. The van der Waals surface area contributed by atoms with Crippen molar-refractivity contribution < 1.29 is 4.74 Å². The Hall–Kier alpha value is -0.990. The lowest BCUT2D eigenvalue weighted by molar-refractivity contribution is 0.496. The second-order valence-corrected chi connectivity index (χ2v) is 3.73. The van der Waals surface area contributed by atoms with Gasteiger partial charge >= 0.3 is 0 Å². The molecule has 0 aliphatic rings. The summed E-state index contributed by atoms with van der Waals surface area (Å²) in [4.78, 5) is 0. The van der Waals surface area contributed by atoms with E-state index in [1.54, 1.807) is 18.2 Å². The molecule has 1 heterocycles. The van der Waals surface area contributed by atoms with E-state index in [0.717, 1.165) is 10.8 Å². The van der Waals surface area contributed by atoms with Crippen LogP contribution in [0.25, 0.3) is 0 Å². The molecule has 0 fully saturated rings. The normalized spacial score (nSPS) is 9.92. The highest BCUT2D eigenvalue weighted by Crippen LogP contribution is 2.26. The Labute approximate surface area is 85.5 Å². The van der Waals surface area contributed by atoms with Crippen LogP contribution in [-0.2, 0) is 0 Å². The molecule has 0 amide bonds. The topological polar surface area (TPSA) is 9.23 Å². The highest BCUT2D eigenvalue weighted by atomic mass is 35.5. The van der Waals surface area contributed by atoms with Gasteiger partial charge in [-0.1, -0.05) is 11.6 Å². The highest BCUT2D eigenvalue weighted by molar-refractivity contribution is 7.11. The van der Waals surface area contributed by atoms with Crippen molar-refractivity contribution in [2.75, 3.05) is 0 Å². The predicted octanol–water partition coefficient (Wildman–Crippen LogP) is 3.99. The number of rotatable bonds is 2. The van der Waals surface area contributed by atoms with Crippen LogP contribution >= 0.6 is 22.9 Å². The zero-order valence-corrected chi connectivity index (χ0v) is 8.23. The van der Waals surface area contributed by atoms with E-state index in [-0.39, 0.29) is 0 Å². The smallest absolute Gasteiger partial charge is 0.181 e. The Morgan fingerprint density at radius 3 is 2.62 bits per heavy atom. The van der Waals surface area contributed by atoms with Crippen molar-refractivity contribution in [3.8, 4) is 10.8 Å². The quantitative estimate of drug-likeness (QED) is 0.727. The molecule has 13 heavy (non-hydrogen) atoms. The fourth-order valence-electron chi connectivity index (χ4n) is 0.900. The molecule has 0 aliphatic heterocycles. The molecule has 0 N–H and O–H groups in total. The van der Waals surface area contributed by atoms with Gasteiger partial charge in [0.15, 0.2) is 5.06 Å². The number of ether oxygens (including phenoxy) is 1. The van der Waals surface area contributed by atoms with Crippen LogP contribution in [0.4, 0.5) is 0 Å². The van der Waals surface area contributed by atoms with Gasteiger partial charge in [-0.15, -0.1) is 11.3 Å². The van der Waals surface area contributed by atoms with Crippen molar-refractivity contribution in [3.63, 3.8) is 0 Å². The second-order valence-electron chi connectivity index (χ2n) is 2.42. The third-order valence-corrected chi connectivity index (χ3v) is 2.42. The Kier molecular flexibility index (Phi) is 2.52. The number of halogens is 1. The van der Waals surface area contributed by atoms with Gasteiger partial charge in [0.25, 0.3) is 0 Å². The Bertz CT molecular complexity index is 366. The van der Waals surface area contributed by atoms with E-state index in [4.69, 9.17) is 16.3 Å². The lowest BCUT2D eigenvalue weighted by atomic mass is 10.3. The molecular formula is C10H6ClOS. The van der Waals surface area contributed by atoms with Crippen LogP contribution < -0.4 is 4.74 Å². The summed E-state index contributed by atoms with van der Waals surface area (Å²) in [5.41, 5.74) is 0. The van der Waals surface area contributed by atoms with Crippen molar-refractivity contribution in [2.24, 2.45) is 0 Å². The fraction of sp³-hybridized carbons (Fsp3) is 0. The summed E-state index contributed by atoms with van der Waals surface area (Å²) in [6.45, 7) is 0. The Balaban J connectivity index is 2.15. The van der Waals surface area contributed by atoms with Gasteiger partial charge in [-0.25, -0.2) is 0 Å². The van der Waals surface area contributed by atoms with Crippen molar-refractivity contribution in [1.82, 2.24) is 0 Å². The molecule has 1 aromatic carbocycles. The van der Waals surface area contributed by atoms with Crippen molar-refractivity contribution in [2.45, 2.75) is 0 Å². The van der Waals surface area contributed by atoms with Gasteiger partial charge in [0, 0.05) is 16.5 Å². The number of hydrogen-bond acceptors (Lipinski definition) is 2. The second kappa shape index (κ2) is 3.81. The molecule has 0 aliphatic carbocycles. The van der Waals surface area contributed by atoms with Crippen LogP contribution in [0.2, 0.25) is 5.02 Å². The molecule has 0 spiro atoms. The number of benzene rings is 1. The van der Waals surface area contributed by atoms with Crippen molar-refractivity contribution >= 4 is 22.9 Å². The summed E-state index contributed by atoms with van der Waals surface area (Å²) in [7, 11) is 0. The summed E-state index contributed by atoms with van der Waals surface area (Å²) in [6, 6.07) is 12.0. The maximum atomic E-state index is 5.73. The van der Waals surface area contributed by atoms with E-state index in [1.165, 1.54) is 11.3 Å². The van der Waals surface area contributed by atoms with Crippen LogP contribution in [-0.4, -0.2) is 0 Å². The average Bonchev–Trinajstić information content (AvgIpc) is 2.62. The Morgan fingerprint density at radius 2 is 2.00 bits per heavy atom. The zero-order valence-electron chi connectivity index (χ0n) is 6.66. The summed E-state index contributed by atoms with van der Waals surface area (Å²) in [6.07, 6.45) is 0. The summed E-state index contributed by atoms with van der Waals surface area (Å²) in [5, 5.41) is 3.40. The largest absolute Gasteiger partial charge is 0.447 e. The van der Waals surface area contributed by atoms with Gasteiger partial charge < -0.3 is 4.74 Å². The molecule has 1 nitrogen and oxygen atoms in total. The molecule has 2 aromatic rings. The van der Waals surface area contributed by atoms with Gasteiger partial charge in [0.05, 0.1) is 0 Å². The molecule has 0 saturated carbocycles. The maximum Gasteiger partial charge on any atom is 0.181 e.